The summed E-state index contributed by atoms with van der Waals surface area (Å²) in [6.07, 6.45) is 0. The average Bonchev–Trinajstić information content (AvgIpc) is 3.06. The van der Waals surface area contributed by atoms with E-state index in [4.69, 9.17) is 11.6 Å². The lowest BCUT2D eigenvalue weighted by Crippen LogP contribution is -3.06. The second-order valence-corrected chi connectivity index (χ2v) is 6.19. The molecule has 0 spiro atoms. The molecule has 1 heterocycles. The number of aromatic nitrogens is 4. The highest BCUT2D eigenvalue weighted by Crippen LogP contribution is 2.21. The number of anilines is 1. The van der Waals surface area contributed by atoms with Gasteiger partial charge >= 0.3 is 0 Å². The Morgan fingerprint density at radius 3 is 2.50 bits per heavy atom. The van der Waals surface area contributed by atoms with E-state index in [1.807, 2.05) is 48.5 Å². The van der Waals surface area contributed by atoms with Gasteiger partial charge in [-0.2, -0.15) is 4.68 Å². The molecule has 1 aromatic heterocycles. The number of tetrazole rings is 1. The zero-order valence-corrected chi connectivity index (χ0v) is 14.4. The van der Waals surface area contributed by atoms with E-state index in [2.05, 4.69) is 41.0 Å². The SMILES string of the molecule is C[NH+](C)[C@@H](CNc1nnnn1-c1ccccc1)c1ccccc1Cl. The Labute approximate surface area is 146 Å². The van der Waals surface area contributed by atoms with E-state index in [-0.39, 0.29) is 6.04 Å². The van der Waals surface area contributed by atoms with Crippen LogP contribution in [0.1, 0.15) is 11.6 Å². The van der Waals surface area contributed by atoms with Crippen molar-refractivity contribution in [1.82, 2.24) is 20.2 Å². The van der Waals surface area contributed by atoms with E-state index >= 15 is 0 Å². The zero-order chi connectivity index (χ0) is 16.9. The molecule has 2 N–H and O–H groups in total. The van der Waals surface area contributed by atoms with Crippen molar-refractivity contribution in [3.63, 3.8) is 0 Å². The van der Waals surface area contributed by atoms with Crippen LogP contribution in [0.2, 0.25) is 5.02 Å². The Balaban J connectivity index is 1.80. The summed E-state index contributed by atoms with van der Waals surface area (Å²) in [5.41, 5.74) is 2.02. The minimum atomic E-state index is 0.180. The maximum atomic E-state index is 6.36. The second-order valence-electron chi connectivity index (χ2n) is 5.78. The average molecular weight is 344 g/mol. The first-order valence-corrected chi connectivity index (χ1v) is 8.16. The van der Waals surface area contributed by atoms with Crippen LogP contribution in [0.5, 0.6) is 0 Å². The molecule has 0 fully saturated rings. The standard InChI is InChI=1S/C17H19ClN6/c1-23(2)16(14-10-6-7-11-15(14)18)12-19-17-20-21-22-24(17)13-8-4-3-5-9-13/h3-11,16H,12H2,1-2H3,(H,19,20,22)/p+1/t16-/m0/s1. The monoisotopic (exact) mass is 343 g/mol. The van der Waals surface area contributed by atoms with Crippen LogP contribution < -0.4 is 10.2 Å². The molecular weight excluding hydrogens is 324 g/mol. The van der Waals surface area contributed by atoms with Gasteiger partial charge in [0.2, 0.25) is 5.95 Å². The minimum Gasteiger partial charge on any atom is -0.346 e. The third-order valence-electron chi connectivity index (χ3n) is 3.91. The van der Waals surface area contributed by atoms with Crippen molar-refractivity contribution in [2.75, 3.05) is 26.0 Å². The van der Waals surface area contributed by atoms with E-state index < -0.39 is 0 Å². The lowest BCUT2D eigenvalue weighted by atomic mass is 10.1. The van der Waals surface area contributed by atoms with Gasteiger partial charge in [-0.3, -0.25) is 0 Å². The second kappa shape index (κ2) is 7.42. The predicted molar refractivity (Wildman–Crippen MR) is 94.6 cm³/mol. The molecule has 3 rings (SSSR count). The lowest BCUT2D eigenvalue weighted by Gasteiger charge is -2.23. The normalized spacial score (nSPS) is 12.3. The number of hydrogen-bond acceptors (Lipinski definition) is 4. The fraction of sp³-hybridized carbons (Fsp3) is 0.235. The maximum Gasteiger partial charge on any atom is 0.247 e. The fourth-order valence-electron chi connectivity index (χ4n) is 2.62. The summed E-state index contributed by atoms with van der Waals surface area (Å²) in [7, 11) is 4.21. The van der Waals surface area contributed by atoms with Crippen LogP contribution in [0, 0.1) is 0 Å². The molecular formula is C17H20ClN6+. The fourth-order valence-corrected chi connectivity index (χ4v) is 2.88. The van der Waals surface area contributed by atoms with E-state index in [0.29, 0.717) is 12.5 Å². The Bertz CT molecular complexity index is 787. The van der Waals surface area contributed by atoms with Crippen molar-refractivity contribution >= 4 is 17.5 Å². The van der Waals surface area contributed by atoms with Crippen LogP contribution in [-0.4, -0.2) is 40.8 Å². The van der Waals surface area contributed by atoms with Crippen molar-refractivity contribution in [2.45, 2.75) is 6.04 Å². The van der Waals surface area contributed by atoms with Crippen molar-refractivity contribution < 1.29 is 4.90 Å². The minimum absolute atomic E-state index is 0.180. The Hall–Kier alpha value is -2.44. The summed E-state index contributed by atoms with van der Waals surface area (Å²) < 4.78 is 1.69. The molecule has 0 aliphatic rings. The van der Waals surface area contributed by atoms with E-state index in [0.717, 1.165) is 16.3 Å². The van der Waals surface area contributed by atoms with Crippen molar-refractivity contribution in [1.29, 1.82) is 0 Å². The third kappa shape index (κ3) is 3.55. The van der Waals surface area contributed by atoms with Gasteiger partial charge in [0.1, 0.15) is 6.04 Å². The molecule has 0 radical (unpaired) electrons. The lowest BCUT2D eigenvalue weighted by molar-refractivity contribution is -0.890. The number of quaternary nitrogens is 1. The summed E-state index contributed by atoms with van der Waals surface area (Å²) >= 11 is 6.36. The number of nitrogens with one attached hydrogen (secondary N) is 2. The van der Waals surface area contributed by atoms with Crippen LogP contribution in [0.4, 0.5) is 5.95 Å². The maximum absolute atomic E-state index is 6.36. The summed E-state index contributed by atoms with van der Waals surface area (Å²) in [6, 6.07) is 17.9. The molecule has 7 heteroatoms. The van der Waals surface area contributed by atoms with Crippen LogP contribution in [0.25, 0.3) is 5.69 Å². The van der Waals surface area contributed by atoms with Gasteiger partial charge in [0.25, 0.3) is 0 Å². The molecule has 24 heavy (non-hydrogen) atoms. The van der Waals surface area contributed by atoms with Gasteiger partial charge in [-0.25, -0.2) is 0 Å². The Morgan fingerprint density at radius 1 is 1.08 bits per heavy atom. The molecule has 0 unspecified atom stereocenters. The van der Waals surface area contributed by atoms with Gasteiger partial charge in [0.05, 0.1) is 26.3 Å². The number of benzene rings is 2. The number of hydrogen-bond donors (Lipinski definition) is 2. The predicted octanol–water partition coefficient (Wildman–Crippen LogP) is 1.61. The molecule has 3 aromatic rings. The van der Waals surface area contributed by atoms with Gasteiger partial charge in [0.15, 0.2) is 0 Å². The van der Waals surface area contributed by atoms with Crippen LogP contribution >= 0.6 is 11.6 Å². The molecule has 0 aliphatic heterocycles. The molecule has 0 saturated carbocycles. The largest absolute Gasteiger partial charge is 0.346 e. The smallest absolute Gasteiger partial charge is 0.247 e. The quantitative estimate of drug-likeness (QED) is 0.714. The van der Waals surface area contributed by atoms with Crippen molar-refractivity contribution in [3.8, 4) is 5.69 Å². The van der Waals surface area contributed by atoms with Crippen LogP contribution in [0.3, 0.4) is 0 Å². The number of rotatable bonds is 6. The molecule has 6 nitrogen and oxygen atoms in total. The van der Waals surface area contributed by atoms with Crippen molar-refractivity contribution in [3.05, 3.63) is 65.2 Å². The highest BCUT2D eigenvalue weighted by Gasteiger charge is 2.21. The van der Waals surface area contributed by atoms with Gasteiger partial charge in [-0.1, -0.05) is 53.1 Å². The molecule has 0 saturated heterocycles. The topological polar surface area (TPSA) is 60.1 Å². The van der Waals surface area contributed by atoms with Crippen LogP contribution in [0.15, 0.2) is 54.6 Å². The van der Waals surface area contributed by atoms with Gasteiger partial charge in [-0.05, 0) is 28.6 Å². The summed E-state index contributed by atoms with van der Waals surface area (Å²) in [6.45, 7) is 0.666. The first-order valence-electron chi connectivity index (χ1n) is 7.79. The Kier molecular flexibility index (Phi) is 5.08. The molecule has 0 bridgehead atoms. The zero-order valence-electron chi connectivity index (χ0n) is 13.6. The van der Waals surface area contributed by atoms with E-state index in [1.54, 1.807) is 4.68 Å². The van der Waals surface area contributed by atoms with Crippen LogP contribution in [-0.2, 0) is 0 Å². The molecule has 2 aromatic carbocycles. The molecule has 1 atom stereocenters. The van der Waals surface area contributed by atoms with Gasteiger partial charge in [-0.15, -0.1) is 0 Å². The summed E-state index contributed by atoms with van der Waals surface area (Å²) in [5.74, 6) is 0.611. The number of halogens is 1. The molecule has 124 valence electrons. The number of likely N-dealkylation sites (N-methyl/N-ethyl adjacent to an activating group) is 1. The Morgan fingerprint density at radius 2 is 1.79 bits per heavy atom. The highest BCUT2D eigenvalue weighted by molar-refractivity contribution is 6.31. The number of para-hydroxylation sites is 1. The van der Waals surface area contributed by atoms with Gasteiger partial charge < -0.3 is 10.2 Å². The highest BCUT2D eigenvalue weighted by atomic mass is 35.5. The first kappa shape index (κ1) is 16.4. The van der Waals surface area contributed by atoms with E-state index in [1.165, 1.54) is 4.90 Å². The molecule has 0 amide bonds. The summed E-state index contributed by atoms with van der Waals surface area (Å²) in [5, 5.41) is 16.0. The first-order chi connectivity index (χ1) is 11.7. The van der Waals surface area contributed by atoms with Crippen molar-refractivity contribution in [2.24, 2.45) is 0 Å². The summed E-state index contributed by atoms with van der Waals surface area (Å²) in [4.78, 5) is 1.27. The number of nitrogens with zero attached hydrogens (tertiary/aromatic N) is 4. The molecule has 0 aliphatic carbocycles. The third-order valence-corrected chi connectivity index (χ3v) is 4.26. The van der Waals surface area contributed by atoms with Gasteiger partial charge in [0, 0.05) is 10.6 Å². The van der Waals surface area contributed by atoms with E-state index in [9.17, 15) is 0 Å².